The molecule has 4 heteroatoms. The molecule has 0 bridgehead atoms. The third kappa shape index (κ3) is 3.04. The monoisotopic (exact) mass is 334 g/mol. The standard InChI is InChI=1S/C13H13BrCl2O/c14-11-6-4-9(5-7-11)2-1-3-10-8-12(17)13(10,15)16/h4-7,10H,1-3,8H2. The molecule has 1 aromatic rings. The molecule has 1 aromatic carbocycles. The van der Waals surface area contributed by atoms with Crippen LogP contribution in [0.15, 0.2) is 28.7 Å². The number of Topliss-reactive ketones (excluding diaryl/α,β-unsaturated/α-hetero) is 1. The highest BCUT2D eigenvalue weighted by Crippen LogP contribution is 2.46. The van der Waals surface area contributed by atoms with Crippen LogP contribution in [0.1, 0.15) is 24.8 Å². The first-order valence-electron chi connectivity index (χ1n) is 5.65. The van der Waals surface area contributed by atoms with E-state index in [9.17, 15) is 4.79 Å². The molecule has 1 fully saturated rings. The van der Waals surface area contributed by atoms with Gasteiger partial charge in [-0.25, -0.2) is 0 Å². The van der Waals surface area contributed by atoms with Crippen molar-refractivity contribution in [2.75, 3.05) is 0 Å². The molecule has 0 spiro atoms. The van der Waals surface area contributed by atoms with Gasteiger partial charge in [-0.1, -0.05) is 51.3 Å². The molecule has 0 saturated heterocycles. The van der Waals surface area contributed by atoms with Crippen LogP contribution in [0.25, 0.3) is 0 Å². The van der Waals surface area contributed by atoms with E-state index in [4.69, 9.17) is 23.2 Å². The number of carbonyl (C=O) groups excluding carboxylic acids is 1. The molecular formula is C13H13BrCl2O. The number of hydrogen-bond donors (Lipinski definition) is 0. The van der Waals surface area contributed by atoms with E-state index < -0.39 is 4.33 Å². The molecule has 1 nitrogen and oxygen atoms in total. The van der Waals surface area contributed by atoms with Crippen LogP contribution in [0, 0.1) is 5.92 Å². The predicted molar refractivity (Wildman–Crippen MR) is 74.6 cm³/mol. The van der Waals surface area contributed by atoms with Crippen LogP contribution in [-0.2, 0) is 11.2 Å². The molecule has 17 heavy (non-hydrogen) atoms. The molecule has 92 valence electrons. The Morgan fingerprint density at radius 2 is 1.94 bits per heavy atom. The van der Waals surface area contributed by atoms with Gasteiger partial charge in [-0.15, -0.1) is 0 Å². The van der Waals surface area contributed by atoms with Crippen molar-refractivity contribution in [3.8, 4) is 0 Å². The Morgan fingerprint density at radius 3 is 2.47 bits per heavy atom. The Balaban J connectivity index is 1.77. The van der Waals surface area contributed by atoms with Crippen molar-refractivity contribution in [1.29, 1.82) is 0 Å². The summed E-state index contributed by atoms with van der Waals surface area (Å²) in [4.78, 5) is 11.2. The number of carbonyl (C=O) groups is 1. The van der Waals surface area contributed by atoms with Gasteiger partial charge in [-0.3, -0.25) is 4.79 Å². The van der Waals surface area contributed by atoms with Gasteiger partial charge in [-0.05, 0) is 37.0 Å². The Labute approximate surface area is 120 Å². The van der Waals surface area contributed by atoms with Crippen LogP contribution in [0.2, 0.25) is 0 Å². The number of aryl methyl sites for hydroxylation is 1. The van der Waals surface area contributed by atoms with Gasteiger partial charge in [0.15, 0.2) is 10.1 Å². The number of ketones is 1. The lowest BCUT2D eigenvalue weighted by molar-refractivity contribution is -0.128. The maximum absolute atomic E-state index is 11.2. The minimum atomic E-state index is -1.11. The van der Waals surface area contributed by atoms with E-state index in [2.05, 4.69) is 28.1 Å². The highest BCUT2D eigenvalue weighted by Gasteiger charge is 2.51. The van der Waals surface area contributed by atoms with Gasteiger partial charge in [0.25, 0.3) is 0 Å². The van der Waals surface area contributed by atoms with E-state index in [-0.39, 0.29) is 11.7 Å². The van der Waals surface area contributed by atoms with Crippen molar-refractivity contribution in [3.05, 3.63) is 34.3 Å². The lowest BCUT2D eigenvalue weighted by Gasteiger charge is -2.37. The van der Waals surface area contributed by atoms with E-state index in [1.165, 1.54) is 5.56 Å². The van der Waals surface area contributed by atoms with E-state index in [1.54, 1.807) is 0 Å². The second kappa shape index (κ2) is 5.29. The SMILES string of the molecule is O=C1CC(CCCc2ccc(Br)cc2)C1(Cl)Cl. The summed E-state index contributed by atoms with van der Waals surface area (Å²) in [7, 11) is 0. The van der Waals surface area contributed by atoms with E-state index in [0.717, 1.165) is 23.7 Å². The van der Waals surface area contributed by atoms with Gasteiger partial charge < -0.3 is 0 Å². The zero-order valence-corrected chi connectivity index (χ0v) is 12.4. The maximum Gasteiger partial charge on any atom is 0.179 e. The molecule has 0 radical (unpaired) electrons. The Bertz CT molecular complexity index is 414. The van der Waals surface area contributed by atoms with Crippen molar-refractivity contribution in [3.63, 3.8) is 0 Å². The normalized spacial score (nSPS) is 22.3. The average Bonchev–Trinajstić information content (AvgIpc) is 2.30. The van der Waals surface area contributed by atoms with Gasteiger partial charge >= 0.3 is 0 Å². The fraction of sp³-hybridized carbons (Fsp3) is 0.462. The third-order valence-corrected chi connectivity index (χ3v) is 4.82. The van der Waals surface area contributed by atoms with Gasteiger partial charge in [0, 0.05) is 16.8 Å². The largest absolute Gasteiger partial charge is 0.296 e. The highest BCUT2D eigenvalue weighted by molar-refractivity contribution is 9.10. The van der Waals surface area contributed by atoms with E-state index in [1.807, 2.05) is 12.1 Å². The van der Waals surface area contributed by atoms with Crippen molar-refractivity contribution in [2.45, 2.75) is 30.0 Å². The Morgan fingerprint density at radius 1 is 1.29 bits per heavy atom. The molecule has 0 amide bonds. The first-order chi connectivity index (χ1) is 8.00. The lowest BCUT2D eigenvalue weighted by atomic mass is 9.79. The molecule has 1 aliphatic rings. The number of halogens is 3. The molecule has 2 rings (SSSR count). The highest BCUT2D eigenvalue weighted by atomic mass is 79.9. The van der Waals surface area contributed by atoms with Crippen LogP contribution in [0.4, 0.5) is 0 Å². The van der Waals surface area contributed by atoms with Crippen molar-refractivity contribution < 1.29 is 4.79 Å². The maximum atomic E-state index is 11.2. The second-order valence-electron chi connectivity index (χ2n) is 4.47. The number of benzene rings is 1. The quantitative estimate of drug-likeness (QED) is 0.738. The summed E-state index contributed by atoms with van der Waals surface area (Å²) < 4.78 is -0.0222. The summed E-state index contributed by atoms with van der Waals surface area (Å²) >= 11 is 15.3. The zero-order valence-electron chi connectivity index (χ0n) is 9.26. The van der Waals surface area contributed by atoms with Crippen LogP contribution in [0.3, 0.4) is 0 Å². The van der Waals surface area contributed by atoms with Crippen LogP contribution in [-0.4, -0.2) is 10.1 Å². The number of alkyl halides is 2. The summed E-state index contributed by atoms with van der Waals surface area (Å²) in [6.45, 7) is 0. The van der Waals surface area contributed by atoms with Crippen molar-refractivity contribution in [1.82, 2.24) is 0 Å². The fourth-order valence-corrected chi connectivity index (χ4v) is 2.86. The third-order valence-electron chi connectivity index (χ3n) is 3.25. The molecule has 1 aliphatic carbocycles. The Kier molecular flexibility index (Phi) is 4.17. The summed E-state index contributed by atoms with van der Waals surface area (Å²) in [5, 5.41) is 0. The molecule has 0 aliphatic heterocycles. The van der Waals surface area contributed by atoms with E-state index in [0.29, 0.717) is 6.42 Å². The van der Waals surface area contributed by atoms with Gasteiger partial charge in [0.05, 0.1) is 0 Å². The molecule has 1 saturated carbocycles. The minimum absolute atomic E-state index is 0.0329. The van der Waals surface area contributed by atoms with Gasteiger partial charge in [-0.2, -0.15) is 0 Å². The molecule has 0 N–H and O–H groups in total. The van der Waals surface area contributed by atoms with Gasteiger partial charge in [0.2, 0.25) is 0 Å². The second-order valence-corrected chi connectivity index (χ2v) is 6.77. The van der Waals surface area contributed by atoms with Crippen molar-refractivity contribution >= 4 is 44.9 Å². The topological polar surface area (TPSA) is 17.1 Å². The molecular weight excluding hydrogens is 323 g/mol. The fourth-order valence-electron chi connectivity index (χ4n) is 2.07. The van der Waals surface area contributed by atoms with Crippen molar-refractivity contribution in [2.24, 2.45) is 5.92 Å². The molecule has 0 aromatic heterocycles. The van der Waals surface area contributed by atoms with Crippen LogP contribution in [0.5, 0.6) is 0 Å². The first-order valence-corrected chi connectivity index (χ1v) is 7.20. The summed E-state index contributed by atoms with van der Waals surface area (Å²) in [5.74, 6) is 0.100. The minimum Gasteiger partial charge on any atom is -0.296 e. The van der Waals surface area contributed by atoms with Gasteiger partial charge in [0.1, 0.15) is 0 Å². The average molecular weight is 336 g/mol. The number of hydrogen-bond acceptors (Lipinski definition) is 1. The summed E-state index contributed by atoms with van der Waals surface area (Å²) in [5.41, 5.74) is 1.30. The lowest BCUT2D eigenvalue weighted by Crippen LogP contribution is -2.47. The summed E-state index contributed by atoms with van der Waals surface area (Å²) in [6, 6.07) is 8.28. The first kappa shape index (κ1) is 13.4. The zero-order chi connectivity index (χ0) is 12.5. The molecule has 1 unspecified atom stereocenters. The Hall–Kier alpha value is -0.0500. The molecule has 0 heterocycles. The van der Waals surface area contributed by atoms with E-state index >= 15 is 0 Å². The molecule has 1 atom stereocenters. The van der Waals surface area contributed by atoms with Crippen LogP contribution >= 0.6 is 39.1 Å². The number of rotatable bonds is 4. The van der Waals surface area contributed by atoms with Crippen LogP contribution < -0.4 is 0 Å². The summed E-state index contributed by atoms with van der Waals surface area (Å²) in [6.07, 6.45) is 3.46. The predicted octanol–water partition coefficient (Wildman–Crippen LogP) is 4.53. The smallest absolute Gasteiger partial charge is 0.179 e.